The Morgan fingerprint density at radius 1 is 0.292 bits per heavy atom. The molecule has 6 nitrogen and oxygen atoms in total. The summed E-state index contributed by atoms with van der Waals surface area (Å²) >= 11 is 0. The molecule has 412 valence electrons. The van der Waals surface area contributed by atoms with E-state index < -0.39 is 6.10 Å². The zero-order chi connectivity index (χ0) is 52.2. The first kappa shape index (κ1) is 68.3. The molecule has 0 aliphatic rings. The van der Waals surface area contributed by atoms with Gasteiger partial charge in [0.15, 0.2) is 6.10 Å². The van der Waals surface area contributed by atoms with Gasteiger partial charge in [-0.15, -0.1) is 0 Å². The number of carbonyl (C=O) groups is 3. The van der Waals surface area contributed by atoms with Crippen molar-refractivity contribution in [3.05, 3.63) is 97.2 Å². The SMILES string of the molecule is CC/C=C\C/C=C\C/C=C\C/C=C\CCCCC(=O)OCC(COC(=O)CCCCCCCCCC/C=C\C/C=C\C/C=C\CCCCCCC)OC(=O)CCCCCCC/C=C\CCCCCCCCC. The van der Waals surface area contributed by atoms with Crippen molar-refractivity contribution in [1.29, 1.82) is 0 Å². The van der Waals surface area contributed by atoms with Gasteiger partial charge in [0.05, 0.1) is 0 Å². The van der Waals surface area contributed by atoms with Crippen LogP contribution in [0.4, 0.5) is 0 Å². The predicted octanol–water partition coefficient (Wildman–Crippen LogP) is 20.5. The molecule has 0 N–H and O–H groups in total. The zero-order valence-electron chi connectivity index (χ0n) is 47.2. The number of rotatable bonds is 54. The van der Waals surface area contributed by atoms with Crippen LogP contribution in [0, 0.1) is 0 Å². The molecule has 0 bridgehead atoms. The first-order valence-corrected chi connectivity index (χ1v) is 30.2. The largest absolute Gasteiger partial charge is 0.462 e. The van der Waals surface area contributed by atoms with Crippen LogP contribution >= 0.6 is 0 Å². The Morgan fingerprint density at radius 2 is 0.542 bits per heavy atom. The Balaban J connectivity index is 4.42. The first-order chi connectivity index (χ1) is 35.5. The maximum atomic E-state index is 12.9. The Morgan fingerprint density at radius 3 is 0.889 bits per heavy atom. The van der Waals surface area contributed by atoms with Crippen molar-refractivity contribution in [2.75, 3.05) is 13.2 Å². The molecule has 72 heavy (non-hydrogen) atoms. The lowest BCUT2D eigenvalue weighted by molar-refractivity contribution is -0.167. The van der Waals surface area contributed by atoms with Gasteiger partial charge in [0.1, 0.15) is 13.2 Å². The minimum absolute atomic E-state index is 0.0982. The molecule has 0 rings (SSSR count). The van der Waals surface area contributed by atoms with E-state index in [0.29, 0.717) is 19.3 Å². The standard InChI is InChI=1S/C66H112O6/c1-4-7-10-13-16-19-22-25-28-30-31-32-33-34-35-36-39-41-44-47-50-53-56-59-65(68)71-62-63(61-70-64(67)58-55-52-49-46-43-40-37-27-24-21-18-15-12-9-6-3)72-66(69)60-57-54-51-48-45-42-38-29-26-23-20-17-14-11-8-5-2/h9,12,18,21-22,25,27,29-31,33-34,37-38,43,46,63H,4-8,10-11,13-17,19-20,23-24,26,28,32,35-36,39-42,44-45,47-62H2,1-3H3/b12-9-,21-18-,25-22-,31-30-,34-33-,37-27-,38-29-,46-43-. The number of hydrogen-bond acceptors (Lipinski definition) is 6. The summed E-state index contributed by atoms with van der Waals surface area (Å²) in [6.45, 7) is 6.48. The van der Waals surface area contributed by atoms with Crippen molar-refractivity contribution >= 4 is 17.9 Å². The normalized spacial score (nSPS) is 12.8. The summed E-state index contributed by atoms with van der Waals surface area (Å²) in [6, 6.07) is 0. The summed E-state index contributed by atoms with van der Waals surface area (Å²) in [5.74, 6) is -0.951. The summed E-state index contributed by atoms with van der Waals surface area (Å²) in [5, 5.41) is 0. The zero-order valence-corrected chi connectivity index (χ0v) is 47.2. The van der Waals surface area contributed by atoms with E-state index in [1.165, 1.54) is 128 Å². The molecule has 0 aromatic rings. The lowest BCUT2D eigenvalue weighted by Gasteiger charge is -2.18. The van der Waals surface area contributed by atoms with E-state index in [4.69, 9.17) is 14.2 Å². The molecule has 0 spiro atoms. The Kier molecular flexibility index (Phi) is 56.8. The third-order valence-corrected chi connectivity index (χ3v) is 12.8. The van der Waals surface area contributed by atoms with Gasteiger partial charge in [-0.3, -0.25) is 14.4 Å². The third-order valence-electron chi connectivity index (χ3n) is 12.8. The average Bonchev–Trinajstić information content (AvgIpc) is 3.38. The van der Waals surface area contributed by atoms with Crippen LogP contribution < -0.4 is 0 Å². The third kappa shape index (κ3) is 57.2. The molecule has 1 unspecified atom stereocenters. The van der Waals surface area contributed by atoms with E-state index in [-0.39, 0.29) is 31.1 Å². The molecular formula is C66H112O6. The second-order valence-electron chi connectivity index (χ2n) is 19.9. The lowest BCUT2D eigenvalue weighted by atomic mass is 10.1. The molecule has 0 radical (unpaired) electrons. The van der Waals surface area contributed by atoms with Crippen molar-refractivity contribution < 1.29 is 28.6 Å². The highest BCUT2D eigenvalue weighted by atomic mass is 16.6. The quantitative estimate of drug-likeness (QED) is 0.0261. The van der Waals surface area contributed by atoms with Gasteiger partial charge < -0.3 is 14.2 Å². The van der Waals surface area contributed by atoms with Gasteiger partial charge in [-0.2, -0.15) is 0 Å². The van der Waals surface area contributed by atoms with E-state index >= 15 is 0 Å². The van der Waals surface area contributed by atoms with Gasteiger partial charge in [0, 0.05) is 19.3 Å². The van der Waals surface area contributed by atoms with Crippen LogP contribution in [0.15, 0.2) is 97.2 Å². The van der Waals surface area contributed by atoms with Crippen LogP contribution in [-0.4, -0.2) is 37.2 Å². The fourth-order valence-corrected chi connectivity index (χ4v) is 8.26. The second kappa shape index (κ2) is 59.9. The summed E-state index contributed by atoms with van der Waals surface area (Å²) < 4.78 is 16.8. The summed E-state index contributed by atoms with van der Waals surface area (Å²) in [7, 11) is 0. The number of esters is 3. The highest BCUT2D eigenvalue weighted by Gasteiger charge is 2.19. The van der Waals surface area contributed by atoms with E-state index in [0.717, 1.165) is 116 Å². The number of carbonyl (C=O) groups excluding carboxylic acids is 3. The minimum Gasteiger partial charge on any atom is -0.462 e. The smallest absolute Gasteiger partial charge is 0.306 e. The minimum atomic E-state index is -0.804. The summed E-state index contributed by atoms with van der Waals surface area (Å²) in [5.41, 5.74) is 0. The van der Waals surface area contributed by atoms with Gasteiger partial charge in [0.25, 0.3) is 0 Å². The molecule has 1 atom stereocenters. The van der Waals surface area contributed by atoms with E-state index in [1.807, 2.05) is 0 Å². The van der Waals surface area contributed by atoms with Crippen LogP contribution in [-0.2, 0) is 28.6 Å². The number of allylic oxidation sites excluding steroid dienone is 16. The van der Waals surface area contributed by atoms with Gasteiger partial charge in [-0.25, -0.2) is 0 Å². The van der Waals surface area contributed by atoms with E-state index in [2.05, 4.69) is 118 Å². The van der Waals surface area contributed by atoms with Gasteiger partial charge >= 0.3 is 17.9 Å². The van der Waals surface area contributed by atoms with Crippen molar-refractivity contribution in [3.8, 4) is 0 Å². The van der Waals surface area contributed by atoms with Gasteiger partial charge in [0.2, 0.25) is 0 Å². The molecule has 0 aromatic heterocycles. The first-order valence-electron chi connectivity index (χ1n) is 30.2. The topological polar surface area (TPSA) is 78.9 Å². The maximum Gasteiger partial charge on any atom is 0.306 e. The summed E-state index contributed by atoms with van der Waals surface area (Å²) in [6.07, 6.45) is 79.8. The number of hydrogen-bond donors (Lipinski definition) is 0. The van der Waals surface area contributed by atoms with Gasteiger partial charge in [-0.1, -0.05) is 240 Å². The number of ether oxygens (including phenoxy) is 3. The number of unbranched alkanes of at least 4 members (excludes halogenated alkanes) is 27. The molecule has 0 aliphatic heterocycles. The fourth-order valence-electron chi connectivity index (χ4n) is 8.26. The van der Waals surface area contributed by atoms with Crippen LogP contribution in [0.3, 0.4) is 0 Å². The van der Waals surface area contributed by atoms with Crippen LogP contribution in [0.2, 0.25) is 0 Å². The van der Waals surface area contributed by atoms with Crippen LogP contribution in [0.25, 0.3) is 0 Å². The summed E-state index contributed by atoms with van der Waals surface area (Å²) in [4.78, 5) is 38.2. The molecule has 6 heteroatoms. The molecule has 0 saturated carbocycles. The van der Waals surface area contributed by atoms with Gasteiger partial charge in [-0.05, 0) is 122 Å². The second-order valence-corrected chi connectivity index (χ2v) is 19.9. The molecule has 0 aliphatic carbocycles. The van der Waals surface area contributed by atoms with Crippen molar-refractivity contribution in [1.82, 2.24) is 0 Å². The van der Waals surface area contributed by atoms with Crippen LogP contribution in [0.5, 0.6) is 0 Å². The Bertz CT molecular complexity index is 1430. The fraction of sp³-hybridized carbons (Fsp3) is 0.712. The highest BCUT2D eigenvalue weighted by Crippen LogP contribution is 2.15. The highest BCUT2D eigenvalue weighted by molar-refractivity contribution is 5.71. The molecule has 0 amide bonds. The monoisotopic (exact) mass is 1000 g/mol. The average molecular weight is 1000 g/mol. The van der Waals surface area contributed by atoms with E-state index in [1.54, 1.807) is 0 Å². The van der Waals surface area contributed by atoms with E-state index in [9.17, 15) is 14.4 Å². The molecule has 0 saturated heterocycles. The Hall–Kier alpha value is -3.67. The van der Waals surface area contributed by atoms with Crippen molar-refractivity contribution in [2.45, 2.75) is 290 Å². The Labute approximate surface area is 445 Å². The molecule has 0 heterocycles. The predicted molar refractivity (Wildman–Crippen MR) is 311 cm³/mol. The molecular weight excluding hydrogens is 889 g/mol. The molecule has 0 aromatic carbocycles. The van der Waals surface area contributed by atoms with Crippen molar-refractivity contribution in [2.24, 2.45) is 0 Å². The lowest BCUT2D eigenvalue weighted by Crippen LogP contribution is -2.30. The maximum absolute atomic E-state index is 12.9. The van der Waals surface area contributed by atoms with Crippen LogP contribution in [0.1, 0.15) is 284 Å². The molecule has 0 fully saturated rings. The van der Waals surface area contributed by atoms with Crippen molar-refractivity contribution in [3.63, 3.8) is 0 Å².